The van der Waals surface area contributed by atoms with Crippen LogP contribution in [0, 0.1) is 0 Å². The number of anilines is 1. The Labute approximate surface area is 164 Å². The van der Waals surface area contributed by atoms with E-state index in [1.54, 1.807) is 11.8 Å². The highest BCUT2D eigenvalue weighted by molar-refractivity contribution is 7.99. The molecule has 0 amide bonds. The van der Waals surface area contributed by atoms with Gasteiger partial charge in [0.1, 0.15) is 5.75 Å². The molecule has 0 radical (unpaired) electrons. The molecule has 0 atom stereocenters. The molecule has 0 bridgehead atoms. The number of carbonyl (C=O) groups excluding carboxylic acids is 1. The van der Waals surface area contributed by atoms with Crippen molar-refractivity contribution < 1.29 is 9.53 Å². The lowest BCUT2D eigenvalue weighted by Gasteiger charge is -2.08. The van der Waals surface area contributed by atoms with Gasteiger partial charge in [0.05, 0.1) is 0 Å². The Kier molecular flexibility index (Phi) is 6.94. The molecule has 138 valence electrons. The van der Waals surface area contributed by atoms with Crippen LogP contribution in [0.15, 0.2) is 88.7 Å². The summed E-state index contributed by atoms with van der Waals surface area (Å²) in [5.41, 5.74) is 2.52. The van der Waals surface area contributed by atoms with Crippen molar-refractivity contribution >= 4 is 23.4 Å². The summed E-state index contributed by atoms with van der Waals surface area (Å²) in [6, 6.07) is 26.6. The number of nitrogens with one attached hydrogen (secondary N) is 1. The van der Waals surface area contributed by atoms with E-state index in [0.717, 1.165) is 30.0 Å². The van der Waals surface area contributed by atoms with E-state index in [1.807, 2.05) is 24.3 Å². The van der Waals surface area contributed by atoms with Gasteiger partial charge in [0.15, 0.2) is 0 Å². The average Bonchev–Trinajstić information content (AvgIpc) is 2.68. The molecule has 0 heterocycles. The van der Waals surface area contributed by atoms with E-state index in [1.165, 1.54) is 17.4 Å². The molecule has 3 aromatic carbocycles. The van der Waals surface area contributed by atoms with Crippen LogP contribution in [0.25, 0.3) is 0 Å². The molecule has 1 N–H and O–H groups in total. The predicted molar refractivity (Wildman–Crippen MR) is 112 cm³/mol. The molecule has 0 aliphatic heterocycles. The van der Waals surface area contributed by atoms with Gasteiger partial charge in [0, 0.05) is 28.9 Å². The van der Waals surface area contributed by atoms with Crippen LogP contribution in [0.3, 0.4) is 0 Å². The minimum atomic E-state index is -0.303. The van der Waals surface area contributed by atoms with Gasteiger partial charge in [0.2, 0.25) is 0 Å². The molecule has 0 saturated carbocycles. The molecular formula is C23H23NO2S. The zero-order valence-electron chi connectivity index (χ0n) is 15.4. The van der Waals surface area contributed by atoms with Crippen molar-refractivity contribution in [3.8, 4) is 5.75 Å². The number of hydrogen-bond donors (Lipinski definition) is 1. The van der Waals surface area contributed by atoms with Gasteiger partial charge in [-0.25, -0.2) is 0 Å². The van der Waals surface area contributed by atoms with Crippen LogP contribution in [0.2, 0.25) is 0 Å². The molecule has 0 unspecified atom stereocenters. The van der Waals surface area contributed by atoms with Gasteiger partial charge in [-0.05, 0) is 66.9 Å². The Morgan fingerprint density at radius 3 is 2.15 bits per heavy atom. The van der Waals surface area contributed by atoms with Crippen LogP contribution in [-0.2, 0) is 11.2 Å². The van der Waals surface area contributed by atoms with E-state index in [2.05, 4.69) is 59.9 Å². The van der Waals surface area contributed by atoms with Crippen LogP contribution in [0.4, 0.5) is 5.69 Å². The van der Waals surface area contributed by atoms with E-state index in [9.17, 15) is 4.79 Å². The standard InChI is InChI=1S/C23H23NO2S/c1-18(25)26-21-11-15-23(16-12-21)27-22-13-9-20(10-14-22)24-17-5-8-19-6-3-2-4-7-19/h2-4,6-7,9-16,24H,5,8,17H2,1H3. The SMILES string of the molecule is CC(=O)Oc1ccc(Sc2ccc(NCCCc3ccccc3)cc2)cc1. The quantitative estimate of drug-likeness (QED) is 0.305. The fraction of sp³-hybridized carbons (Fsp3) is 0.174. The molecule has 0 aliphatic carbocycles. The lowest BCUT2D eigenvalue weighted by Crippen LogP contribution is -2.02. The second kappa shape index (κ2) is 9.83. The monoisotopic (exact) mass is 377 g/mol. The van der Waals surface area contributed by atoms with Crippen molar-refractivity contribution in [2.45, 2.75) is 29.6 Å². The highest BCUT2D eigenvalue weighted by Crippen LogP contribution is 2.29. The third-order valence-corrected chi connectivity index (χ3v) is 5.01. The molecular weight excluding hydrogens is 354 g/mol. The summed E-state index contributed by atoms with van der Waals surface area (Å²) in [5.74, 6) is 0.268. The van der Waals surface area contributed by atoms with Gasteiger partial charge in [-0.3, -0.25) is 4.79 Å². The first-order valence-corrected chi connectivity index (χ1v) is 9.85. The summed E-state index contributed by atoms with van der Waals surface area (Å²) < 4.78 is 5.05. The first-order valence-electron chi connectivity index (χ1n) is 9.03. The van der Waals surface area contributed by atoms with E-state index in [0.29, 0.717) is 5.75 Å². The topological polar surface area (TPSA) is 38.3 Å². The fourth-order valence-electron chi connectivity index (χ4n) is 2.69. The zero-order valence-corrected chi connectivity index (χ0v) is 16.2. The van der Waals surface area contributed by atoms with Crippen molar-refractivity contribution in [1.82, 2.24) is 0 Å². The number of benzene rings is 3. The summed E-state index contributed by atoms with van der Waals surface area (Å²) >= 11 is 1.68. The first kappa shape index (κ1) is 19.1. The summed E-state index contributed by atoms with van der Waals surface area (Å²) in [4.78, 5) is 13.2. The van der Waals surface area contributed by atoms with Crippen molar-refractivity contribution in [1.29, 1.82) is 0 Å². The van der Waals surface area contributed by atoms with Crippen molar-refractivity contribution in [2.75, 3.05) is 11.9 Å². The van der Waals surface area contributed by atoms with Crippen LogP contribution < -0.4 is 10.1 Å². The second-order valence-electron chi connectivity index (χ2n) is 6.21. The highest BCUT2D eigenvalue weighted by atomic mass is 32.2. The lowest BCUT2D eigenvalue weighted by molar-refractivity contribution is -0.131. The van der Waals surface area contributed by atoms with E-state index in [4.69, 9.17) is 4.74 Å². The van der Waals surface area contributed by atoms with E-state index in [-0.39, 0.29) is 5.97 Å². The average molecular weight is 378 g/mol. The van der Waals surface area contributed by atoms with Gasteiger partial charge >= 0.3 is 5.97 Å². The van der Waals surface area contributed by atoms with Gasteiger partial charge < -0.3 is 10.1 Å². The number of ether oxygens (including phenoxy) is 1. The number of hydrogen-bond acceptors (Lipinski definition) is 4. The van der Waals surface area contributed by atoms with Crippen LogP contribution >= 0.6 is 11.8 Å². The molecule has 0 aliphatic rings. The smallest absolute Gasteiger partial charge is 0.308 e. The molecule has 27 heavy (non-hydrogen) atoms. The Morgan fingerprint density at radius 1 is 0.889 bits per heavy atom. The summed E-state index contributed by atoms with van der Waals surface area (Å²) in [6.45, 7) is 2.36. The largest absolute Gasteiger partial charge is 0.427 e. The first-order chi connectivity index (χ1) is 13.2. The molecule has 0 saturated heterocycles. The van der Waals surface area contributed by atoms with Crippen LogP contribution in [-0.4, -0.2) is 12.5 Å². The zero-order chi connectivity index (χ0) is 18.9. The van der Waals surface area contributed by atoms with Gasteiger partial charge in [-0.2, -0.15) is 0 Å². The van der Waals surface area contributed by atoms with E-state index < -0.39 is 0 Å². The number of esters is 1. The van der Waals surface area contributed by atoms with Crippen molar-refractivity contribution in [2.24, 2.45) is 0 Å². The highest BCUT2D eigenvalue weighted by Gasteiger charge is 2.01. The summed E-state index contributed by atoms with van der Waals surface area (Å²) in [5, 5.41) is 3.47. The third kappa shape index (κ3) is 6.50. The predicted octanol–water partition coefficient (Wildman–Crippen LogP) is 5.81. The van der Waals surface area contributed by atoms with Gasteiger partial charge in [-0.1, -0.05) is 42.1 Å². The molecule has 3 nitrogen and oxygen atoms in total. The van der Waals surface area contributed by atoms with E-state index >= 15 is 0 Å². The minimum Gasteiger partial charge on any atom is -0.427 e. The number of rotatable bonds is 8. The second-order valence-corrected chi connectivity index (χ2v) is 7.35. The lowest BCUT2D eigenvalue weighted by atomic mass is 10.1. The molecule has 0 spiro atoms. The Balaban J connectivity index is 1.45. The maximum Gasteiger partial charge on any atom is 0.308 e. The maximum absolute atomic E-state index is 11.0. The van der Waals surface area contributed by atoms with Crippen LogP contribution in [0.1, 0.15) is 18.9 Å². The minimum absolute atomic E-state index is 0.303. The molecule has 0 aromatic heterocycles. The van der Waals surface area contributed by atoms with Crippen LogP contribution in [0.5, 0.6) is 5.75 Å². The normalized spacial score (nSPS) is 10.4. The Hall–Kier alpha value is -2.72. The summed E-state index contributed by atoms with van der Waals surface area (Å²) in [6.07, 6.45) is 2.19. The van der Waals surface area contributed by atoms with Gasteiger partial charge in [0.25, 0.3) is 0 Å². The maximum atomic E-state index is 11.0. The molecule has 3 rings (SSSR count). The Morgan fingerprint density at radius 2 is 1.52 bits per heavy atom. The van der Waals surface area contributed by atoms with Crippen molar-refractivity contribution in [3.63, 3.8) is 0 Å². The fourth-order valence-corrected chi connectivity index (χ4v) is 3.51. The Bertz CT molecular complexity index is 846. The number of carbonyl (C=O) groups is 1. The third-order valence-electron chi connectivity index (χ3n) is 3.99. The molecule has 3 aromatic rings. The van der Waals surface area contributed by atoms with Crippen molar-refractivity contribution in [3.05, 3.63) is 84.4 Å². The van der Waals surface area contributed by atoms with Gasteiger partial charge in [-0.15, -0.1) is 0 Å². The molecule has 4 heteroatoms. The summed E-state index contributed by atoms with van der Waals surface area (Å²) in [7, 11) is 0. The molecule has 0 fully saturated rings. The number of aryl methyl sites for hydroxylation is 1.